The Balaban J connectivity index is 2.23. The third kappa shape index (κ3) is 6.76. The molecule has 0 fully saturated rings. The van der Waals surface area contributed by atoms with Crippen molar-refractivity contribution in [3.8, 4) is 0 Å². The van der Waals surface area contributed by atoms with E-state index < -0.39 is 0 Å². The molecule has 5 nitrogen and oxygen atoms in total. The Morgan fingerprint density at radius 1 is 1.42 bits per heavy atom. The molecule has 0 saturated heterocycles. The highest BCUT2D eigenvalue weighted by Gasteiger charge is 2.07. The number of aromatic nitrogens is 1. The maximum absolute atomic E-state index is 11.7. The standard InChI is InChI=1S/C14H23N3O2/c1-10(2)8-11(3)19-7-6-14(18)17-12-4-5-13(15)16-9-12/h4-5,9-11H,6-8H2,1-3H3,(H2,15,16)(H,17,18). The number of hydrogen-bond donors (Lipinski definition) is 2. The van der Waals surface area contributed by atoms with Crippen molar-refractivity contribution in [3.63, 3.8) is 0 Å². The Morgan fingerprint density at radius 3 is 2.74 bits per heavy atom. The highest BCUT2D eigenvalue weighted by Crippen LogP contribution is 2.09. The molecule has 0 spiro atoms. The Hall–Kier alpha value is -1.62. The Kier molecular flexibility index (Phi) is 6.29. The number of amides is 1. The Labute approximate surface area is 114 Å². The third-order valence-corrected chi connectivity index (χ3v) is 2.60. The third-order valence-electron chi connectivity index (χ3n) is 2.60. The fraction of sp³-hybridized carbons (Fsp3) is 0.571. The number of nitrogens with zero attached hydrogens (tertiary/aromatic N) is 1. The maximum atomic E-state index is 11.7. The van der Waals surface area contributed by atoms with Crippen LogP contribution in [0.4, 0.5) is 11.5 Å². The van der Waals surface area contributed by atoms with Crippen molar-refractivity contribution in [1.29, 1.82) is 0 Å². The number of carbonyl (C=O) groups excluding carboxylic acids is 1. The van der Waals surface area contributed by atoms with Gasteiger partial charge in [0.25, 0.3) is 0 Å². The van der Waals surface area contributed by atoms with Gasteiger partial charge < -0.3 is 15.8 Å². The first-order valence-electron chi connectivity index (χ1n) is 6.60. The highest BCUT2D eigenvalue weighted by molar-refractivity contribution is 5.90. The molecule has 1 aromatic rings. The molecule has 0 aliphatic heterocycles. The molecule has 1 rings (SSSR count). The summed E-state index contributed by atoms with van der Waals surface area (Å²) < 4.78 is 5.58. The van der Waals surface area contributed by atoms with E-state index in [9.17, 15) is 4.79 Å². The minimum atomic E-state index is -0.0803. The van der Waals surface area contributed by atoms with E-state index >= 15 is 0 Å². The van der Waals surface area contributed by atoms with E-state index in [2.05, 4.69) is 24.1 Å². The van der Waals surface area contributed by atoms with E-state index in [1.807, 2.05) is 6.92 Å². The number of rotatable bonds is 7. The normalized spacial score (nSPS) is 12.4. The van der Waals surface area contributed by atoms with Crippen LogP contribution in [0.2, 0.25) is 0 Å². The first kappa shape index (κ1) is 15.4. The molecule has 0 aromatic carbocycles. The van der Waals surface area contributed by atoms with Crippen molar-refractivity contribution in [2.45, 2.75) is 39.7 Å². The van der Waals surface area contributed by atoms with Crippen LogP contribution < -0.4 is 11.1 Å². The second-order valence-corrected chi connectivity index (χ2v) is 5.08. The van der Waals surface area contributed by atoms with Crippen molar-refractivity contribution in [2.24, 2.45) is 5.92 Å². The van der Waals surface area contributed by atoms with Gasteiger partial charge in [0.15, 0.2) is 0 Å². The fourth-order valence-corrected chi connectivity index (χ4v) is 1.79. The van der Waals surface area contributed by atoms with Gasteiger partial charge in [-0.15, -0.1) is 0 Å². The van der Waals surface area contributed by atoms with Crippen molar-refractivity contribution in [3.05, 3.63) is 18.3 Å². The van der Waals surface area contributed by atoms with Gasteiger partial charge in [-0.2, -0.15) is 0 Å². The monoisotopic (exact) mass is 265 g/mol. The van der Waals surface area contributed by atoms with Gasteiger partial charge in [0, 0.05) is 0 Å². The lowest BCUT2D eigenvalue weighted by Crippen LogP contribution is -2.18. The number of hydrogen-bond acceptors (Lipinski definition) is 4. The zero-order valence-electron chi connectivity index (χ0n) is 11.8. The quantitative estimate of drug-likeness (QED) is 0.793. The molecule has 1 amide bonds. The Bertz CT molecular complexity index is 390. The number of anilines is 2. The number of pyridine rings is 1. The molecule has 1 heterocycles. The van der Waals surface area contributed by atoms with Crippen LogP contribution in [0.15, 0.2) is 18.3 Å². The summed E-state index contributed by atoms with van der Waals surface area (Å²) in [7, 11) is 0. The molecular weight excluding hydrogens is 242 g/mol. The zero-order valence-corrected chi connectivity index (χ0v) is 11.8. The highest BCUT2D eigenvalue weighted by atomic mass is 16.5. The molecule has 3 N–H and O–H groups in total. The predicted molar refractivity (Wildman–Crippen MR) is 76.8 cm³/mol. The first-order chi connectivity index (χ1) is 8.97. The lowest BCUT2D eigenvalue weighted by Gasteiger charge is -2.14. The SMILES string of the molecule is CC(C)CC(C)OCCC(=O)Nc1ccc(N)nc1. The van der Waals surface area contributed by atoms with Crippen LogP contribution in [0, 0.1) is 5.92 Å². The average Bonchev–Trinajstić information content (AvgIpc) is 2.31. The molecular formula is C14H23N3O2. The summed E-state index contributed by atoms with van der Waals surface area (Å²) >= 11 is 0. The van der Waals surface area contributed by atoms with Crippen LogP contribution in [0.5, 0.6) is 0 Å². The molecule has 106 valence electrons. The zero-order chi connectivity index (χ0) is 14.3. The molecule has 0 aliphatic carbocycles. The van der Waals surface area contributed by atoms with Gasteiger partial charge in [-0.3, -0.25) is 4.79 Å². The predicted octanol–water partition coefficient (Wildman–Crippen LogP) is 2.44. The second-order valence-electron chi connectivity index (χ2n) is 5.08. The summed E-state index contributed by atoms with van der Waals surface area (Å²) in [4.78, 5) is 15.6. The first-order valence-corrected chi connectivity index (χ1v) is 6.60. The lowest BCUT2D eigenvalue weighted by molar-refractivity contribution is -0.117. The van der Waals surface area contributed by atoms with E-state index in [0.29, 0.717) is 30.5 Å². The van der Waals surface area contributed by atoms with E-state index in [-0.39, 0.29) is 12.0 Å². The lowest BCUT2D eigenvalue weighted by atomic mass is 10.1. The summed E-state index contributed by atoms with van der Waals surface area (Å²) in [6.45, 7) is 6.77. The van der Waals surface area contributed by atoms with Crippen LogP contribution in [-0.2, 0) is 9.53 Å². The van der Waals surface area contributed by atoms with Crippen LogP contribution in [0.25, 0.3) is 0 Å². The molecule has 1 atom stereocenters. The smallest absolute Gasteiger partial charge is 0.226 e. The molecule has 1 unspecified atom stereocenters. The van der Waals surface area contributed by atoms with Gasteiger partial charge in [-0.1, -0.05) is 13.8 Å². The van der Waals surface area contributed by atoms with E-state index in [4.69, 9.17) is 10.5 Å². The summed E-state index contributed by atoms with van der Waals surface area (Å²) in [5.74, 6) is 0.955. The van der Waals surface area contributed by atoms with E-state index in [0.717, 1.165) is 6.42 Å². The molecule has 0 aliphatic rings. The van der Waals surface area contributed by atoms with Gasteiger partial charge in [-0.25, -0.2) is 4.98 Å². The van der Waals surface area contributed by atoms with Crippen LogP contribution in [0.1, 0.15) is 33.6 Å². The molecule has 0 saturated carbocycles. The second kappa shape index (κ2) is 7.74. The van der Waals surface area contributed by atoms with Gasteiger partial charge in [-0.05, 0) is 31.4 Å². The summed E-state index contributed by atoms with van der Waals surface area (Å²) in [6, 6.07) is 3.37. The number of nitrogens with two attached hydrogens (primary N) is 1. The van der Waals surface area contributed by atoms with Crippen molar-refractivity contribution in [2.75, 3.05) is 17.7 Å². The van der Waals surface area contributed by atoms with Gasteiger partial charge in [0.1, 0.15) is 5.82 Å². The minimum Gasteiger partial charge on any atom is -0.384 e. The maximum Gasteiger partial charge on any atom is 0.226 e. The molecule has 19 heavy (non-hydrogen) atoms. The molecule has 0 radical (unpaired) electrons. The largest absolute Gasteiger partial charge is 0.384 e. The van der Waals surface area contributed by atoms with Gasteiger partial charge in [0.2, 0.25) is 5.91 Å². The summed E-state index contributed by atoms with van der Waals surface area (Å²) in [5.41, 5.74) is 6.11. The van der Waals surface area contributed by atoms with Crippen molar-refractivity contribution >= 4 is 17.4 Å². The molecule has 5 heteroatoms. The van der Waals surface area contributed by atoms with Gasteiger partial charge >= 0.3 is 0 Å². The number of nitrogens with one attached hydrogen (secondary N) is 1. The van der Waals surface area contributed by atoms with Gasteiger partial charge in [0.05, 0.1) is 31.0 Å². The fourth-order valence-electron chi connectivity index (χ4n) is 1.79. The van der Waals surface area contributed by atoms with E-state index in [1.165, 1.54) is 6.20 Å². The molecule has 0 bridgehead atoms. The summed E-state index contributed by atoms with van der Waals surface area (Å²) in [6.07, 6.45) is 3.07. The minimum absolute atomic E-state index is 0.0803. The topological polar surface area (TPSA) is 77.2 Å². The average molecular weight is 265 g/mol. The van der Waals surface area contributed by atoms with Crippen molar-refractivity contribution < 1.29 is 9.53 Å². The Morgan fingerprint density at radius 2 is 2.16 bits per heavy atom. The number of nitrogen functional groups attached to an aromatic ring is 1. The molecule has 1 aromatic heterocycles. The number of carbonyl (C=O) groups is 1. The number of ether oxygens (including phenoxy) is 1. The van der Waals surface area contributed by atoms with Crippen LogP contribution in [-0.4, -0.2) is 23.6 Å². The van der Waals surface area contributed by atoms with Crippen LogP contribution in [0.3, 0.4) is 0 Å². The van der Waals surface area contributed by atoms with Crippen LogP contribution >= 0.6 is 0 Å². The van der Waals surface area contributed by atoms with E-state index in [1.54, 1.807) is 12.1 Å². The van der Waals surface area contributed by atoms with Crippen molar-refractivity contribution in [1.82, 2.24) is 4.98 Å². The summed E-state index contributed by atoms with van der Waals surface area (Å²) in [5, 5.41) is 2.75.